The molecule has 30 heavy (non-hydrogen) atoms. The van der Waals surface area contributed by atoms with E-state index in [9.17, 15) is 4.79 Å². The van der Waals surface area contributed by atoms with Crippen LogP contribution < -0.4 is 0 Å². The van der Waals surface area contributed by atoms with E-state index in [1.165, 1.54) is 82.3 Å². The summed E-state index contributed by atoms with van der Waals surface area (Å²) < 4.78 is 0. The number of carbonyl (C=O) groups is 1. The van der Waals surface area contributed by atoms with Crippen molar-refractivity contribution in [2.75, 3.05) is 0 Å². The summed E-state index contributed by atoms with van der Waals surface area (Å²) in [7, 11) is 0. The lowest BCUT2D eigenvalue weighted by atomic mass is 9.74. The lowest BCUT2D eigenvalue weighted by Gasteiger charge is -2.32. The number of benzene rings is 1. The zero-order chi connectivity index (χ0) is 21.2. The molecule has 2 aliphatic rings. The van der Waals surface area contributed by atoms with E-state index in [-0.39, 0.29) is 0 Å². The fourth-order valence-corrected chi connectivity index (χ4v) is 5.51. The van der Waals surface area contributed by atoms with Crippen molar-refractivity contribution in [3.8, 4) is 6.07 Å². The normalized spacial score (nSPS) is 27.0. The summed E-state index contributed by atoms with van der Waals surface area (Å²) in [4.78, 5) is 10.6. The average Bonchev–Trinajstić information content (AvgIpc) is 2.78. The Labute approximate surface area is 182 Å². The van der Waals surface area contributed by atoms with Gasteiger partial charge in [0.05, 0.1) is 11.6 Å². The number of aryl methyl sites for hydroxylation is 1. The minimum absolute atomic E-state index is 0.698. The molecule has 0 spiro atoms. The minimum atomic E-state index is -0.826. The van der Waals surface area contributed by atoms with Gasteiger partial charge < -0.3 is 5.11 Å². The Hall–Kier alpha value is -2.08. The minimum Gasteiger partial charge on any atom is -0.478 e. The third-order valence-corrected chi connectivity index (χ3v) is 7.57. The van der Waals surface area contributed by atoms with Gasteiger partial charge >= 0.3 is 5.97 Å². The molecule has 162 valence electrons. The Morgan fingerprint density at radius 3 is 1.87 bits per heavy atom. The topological polar surface area (TPSA) is 61.1 Å². The van der Waals surface area contributed by atoms with Crippen molar-refractivity contribution in [3.05, 3.63) is 47.5 Å². The molecule has 0 radical (unpaired) electrons. The Kier molecular flexibility index (Phi) is 9.00. The second-order valence-corrected chi connectivity index (χ2v) is 9.67. The molecule has 3 nitrogen and oxygen atoms in total. The first kappa shape index (κ1) is 22.6. The van der Waals surface area contributed by atoms with Gasteiger partial charge in [-0.05, 0) is 73.5 Å². The summed E-state index contributed by atoms with van der Waals surface area (Å²) in [5.41, 5.74) is 2.12. The van der Waals surface area contributed by atoms with Crippen LogP contribution >= 0.6 is 0 Å². The van der Waals surface area contributed by atoms with Gasteiger partial charge in [0, 0.05) is 6.08 Å². The molecule has 2 aliphatic carbocycles. The highest BCUT2D eigenvalue weighted by molar-refractivity contribution is 5.79. The SMILES string of the molecule is N#Cc1ccc(CCC2CCC(CCC3CCC(CC=CC(=O)O)CC3)CC2)cc1. The quantitative estimate of drug-likeness (QED) is 0.452. The van der Waals surface area contributed by atoms with Crippen LogP contribution in [0.25, 0.3) is 0 Å². The van der Waals surface area contributed by atoms with Crippen LogP contribution in [-0.4, -0.2) is 11.1 Å². The summed E-state index contributed by atoms with van der Waals surface area (Å²) in [6, 6.07) is 10.3. The van der Waals surface area contributed by atoms with Crippen LogP contribution in [-0.2, 0) is 11.2 Å². The third-order valence-electron chi connectivity index (χ3n) is 7.57. The van der Waals surface area contributed by atoms with E-state index in [0.29, 0.717) is 5.92 Å². The number of aliphatic carboxylic acids is 1. The van der Waals surface area contributed by atoms with Crippen molar-refractivity contribution in [1.29, 1.82) is 5.26 Å². The summed E-state index contributed by atoms with van der Waals surface area (Å²) in [5.74, 6) is 2.59. The largest absolute Gasteiger partial charge is 0.478 e. The molecule has 0 heterocycles. The average molecular weight is 408 g/mol. The van der Waals surface area contributed by atoms with Gasteiger partial charge in [-0.1, -0.05) is 69.6 Å². The highest BCUT2D eigenvalue weighted by Gasteiger charge is 2.24. The molecular formula is C27H37NO2. The van der Waals surface area contributed by atoms with Gasteiger partial charge in [-0.15, -0.1) is 0 Å². The fourth-order valence-electron chi connectivity index (χ4n) is 5.51. The van der Waals surface area contributed by atoms with Gasteiger partial charge in [-0.2, -0.15) is 5.26 Å². The second kappa shape index (κ2) is 11.9. The molecule has 0 unspecified atom stereocenters. The molecule has 3 rings (SSSR count). The predicted molar refractivity (Wildman–Crippen MR) is 121 cm³/mol. The zero-order valence-corrected chi connectivity index (χ0v) is 18.3. The van der Waals surface area contributed by atoms with E-state index in [4.69, 9.17) is 10.4 Å². The number of nitrogens with zero attached hydrogens (tertiary/aromatic N) is 1. The first-order valence-electron chi connectivity index (χ1n) is 12.0. The van der Waals surface area contributed by atoms with Crippen LogP contribution in [0.4, 0.5) is 0 Å². The summed E-state index contributed by atoms with van der Waals surface area (Å²) in [6.07, 6.45) is 20.2. The van der Waals surface area contributed by atoms with Gasteiger partial charge in [-0.3, -0.25) is 0 Å². The smallest absolute Gasteiger partial charge is 0.327 e. The van der Waals surface area contributed by atoms with Crippen LogP contribution in [0.5, 0.6) is 0 Å². The Bertz CT molecular complexity index is 714. The van der Waals surface area contributed by atoms with Crippen LogP contribution in [0, 0.1) is 35.0 Å². The first-order valence-corrected chi connectivity index (χ1v) is 12.0. The number of carboxylic acid groups (broad SMARTS) is 1. The highest BCUT2D eigenvalue weighted by Crippen LogP contribution is 2.38. The van der Waals surface area contributed by atoms with E-state index in [2.05, 4.69) is 18.2 Å². The molecule has 3 heteroatoms. The highest BCUT2D eigenvalue weighted by atomic mass is 16.4. The predicted octanol–water partition coefficient (Wildman–Crippen LogP) is 6.91. The molecule has 2 fully saturated rings. The van der Waals surface area contributed by atoms with Crippen LogP contribution in [0.15, 0.2) is 36.4 Å². The number of rotatable bonds is 9. The number of hydrogen-bond donors (Lipinski definition) is 1. The molecule has 1 N–H and O–H groups in total. The standard InChI is InChI=1S/C27H37NO2/c28-20-26-18-16-25(17-19-26)15-14-24-12-10-23(11-13-24)9-8-22-6-4-21(5-7-22)2-1-3-27(29)30/h1,3,16-19,21-24H,2,4-15H2,(H,29,30). The van der Waals surface area contributed by atoms with Crippen molar-refractivity contribution in [3.63, 3.8) is 0 Å². The maximum atomic E-state index is 10.6. The van der Waals surface area contributed by atoms with Gasteiger partial charge in [-0.25, -0.2) is 4.79 Å². The van der Waals surface area contributed by atoms with Gasteiger partial charge in [0.1, 0.15) is 0 Å². The van der Waals surface area contributed by atoms with Crippen molar-refractivity contribution < 1.29 is 9.90 Å². The molecular weight excluding hydrogens is 370 g/mol. The fraction of sp³-hybridized carbons (Fsp3) is 0.630. The maximum absolute atomic E-state index is 10.6. The van der Waals surface area contributed by atoms with E-state index in [1.54, 1.807) is 0 Å². The number of hydrogen-bond acceptors (Lipinski definition) is 2. The Balaban J connectivity index is 1.26. The molecule has 0 saturated heterocycles. The molecule has 0 aromatic heterocycles. The van der Waals surface area contributed by atoms with E-state index < -0.39 is 5.97 Å². The van der Waals surface area contributed by atoms with Gasteiger partial charge in [0.25, 0.3) is 0 Å². The number of nitriles is 1. The maximum Gasteiger partial charge on any atom is 0.327 e. The van der Waals surface area contributed by atoms with Crippen LogP contribution in [0.2, 0.25) is 0 Å². The molecule has 1 aromatic carbocycles. The van der Waals surface area contributed by atoms with Gasteiger partial charge in [0.2, 0.25) is 0 Å². The van der Waals surface area contributed by atoms with Crippen molar-refractivity contribution in [2.45, 2.75) is 83.5 Å². The van der Waals surface area contributed by atoms with Crippen LogP contribution in [0.3, 0.4) is 0 Å². The second-order valence-electron chi connectivity index (χ2n) is 9.67. The van der Waals surface area contributed by atoms with E-state index in [1.807, 2.05) is 18.2 Å². The number of carboxylic acids is 1. The van der Waals surface area contributed by atoms with E-state index in [0.717, 1.165) is 36.2 Å². The van der Waals surface area contributed by atoms with Crippen molar-refractivity contribution in [1.82, 2.24) is 0 Å². The van der Waals surface area contributed by atoms with E-state index >= 15 is 0 Å². The monoisotopic (exact) mass is 407 g/mol. The van der Waals surface area contributed by atoms with Gasteiger partial charge in [0.15, 0.2) is 0 Å². The molecule has 0 atom stereocenters. The van der Waals surface area contributed by atoms with Crippen molar-refractivity contribution >= 4 is 5.97 Å². The van der Waals surface area contributed by atoms with Crippen LogP contribution in [0.1, 0.15) is 88.2 Å². The summed E-state index contributed by atoms with van der Waals surface area (Å²) in [5, 5.41) is 17.6. The lowest BCUT2D eigenvalue weighted by Crippen LogP contribution is -2.18. The molecule has 2 saturated carbocycles. The first-order chi connectivity index (χ1) is 14.6. The Morgan fingerprint density at radius 1 is 0.867 bits per heavy atom. The summed E-state index contributed by atoms with van der Waals surface area (Å²) in [6.45, 7) is 0. The zero-order valence-electron chi connectivity index (χ0n) is 18.3. The molecule has 1 aromatic rings. The van der Waals surface area contributed by atoms with Crippen molar-refractivity contribution in [2.24, 2.45) is 23.7 Å². The Morgan fingerprint density at radius 2 is 1.37 bits per heavy atom. The molecule has 0 bridgehead atoms. The molecule has 0 aliphatic heterocycles. The number of allylic oxidation sites excluding steroid dienone is 1. The third kappa shape index (κ3) is 7.63. The lowest BCUT2D eigenvalue weighted by molar-refractivity contribution is -0.131. The molecule has 0 amide bonds. The summed E-state index contributed by atoms with van der Waals surface area (Å²) >= 11 is 0.